The summed E-state index contributed by atoms with van der Waals surface area (Å²) in [6.45, 7) is 0. The summed E-state index contributed by atoms with van der Waals surface area (Å²) in [6, 6.07) is 6.72. The number of benzene rings is 1. The molecule has 3 nitrogen and oxygen atoms in total. The number of nitrogens with zero attached hydrogens (tertiary/aromatic N) is 1. The van der Waals surface area contributed by atoms with Gasteiger partial charge in [-0.05, 0) is 33.0 Å². The van der Waals surface area contributed by atoms with Crippen LogP contribution in [0.25, 0.3) is 0 Å². The first-order valence-electron chi connectivity index (χ1n) is 6.50. The number of nitrogens with one attached hydrogen (secondary N) is 1. The summed E-state index contributed by atoms with van der Waals surface area (Å²) in [5.74, 6) is 5.55. The van der Waals surface area contributed by atoms with Gasteiger partial charge in [0.15, 0.2) is 0 Å². The third kappa shape index (κ3) is 2.16. The van der Waals surface area contributed by atoms with Crippen LogP contribution < -0.4 is 11.3 Å². The Balaban J connectivity index is 2.41. The molecular weight excluding hydrogens is 229 g/mol. The quantitative estimate of drug-likeness (QED) is 0.637. The molecule has 3 N–H and O–H groups in total. The van der Waals surface area contributed by atoms with Gasteiger partial charge in [-0.1, -0.05) is 31.0 Å². The summed E-state index contributed by atoms with van der Waals surface area (Å²) in [5.41, 5.74) is 3.42. The van der Waals surface area contributed by atoms with Crippen molar-refractivity contribution in [2.45, 2.75) is 37.3 Å². The summed E-state index contributed by atoms with van der Waals surface area (Å²) in [6.07, 6.45) is 4.43. The Labute approximate surface area is 108 Å². The lowest BCUT2D eigenvalue weighted by Crippen LogP contribution is -2.53. The first-order chi connectivity index (χ1) is 8.62. The van der Waals surface area contributed by atoms with Gasteiger partial charge in [0, 0.05) is 11.1 Å². The molecule has 0 saturated heterocycles. The van der Waals surface area contributed by atoms with Gasteiger partial charge in [0.2, 0.25) is 0 Å². The number of likely N-dealkylation sites (N-methyl/N-ethyl adjacent to an activating group) is 1. The number of halogens is 1. The lowest BCUT2D eigenvalue weighted by atomic mass is 9.82. The summed E-state index contributed by atoms with van der Waals surface area (Å²) >= 11 is 0. The molecule has 1 unspecified atom stereocenters. The molecule has 0 bridgehead atoms. The molecule has 1 fully saturated rings. The van der Waals surface area contributed by atoms with Gasteiger partial charge >= 0.3 is 0 Å². The molecule has 1 aliphatic carbocycles. The third-order valence-corrected chi connectivity index (χ3v) is 4.28. The predicted octanol–water partition coefficient (Wildman–Crippen LogP) is 2.20. The molecule has 0 spiro atoms. The Morgan fingerprint density at radius 3 is 2.39 bits per heavy atom. The summed E-state index contributed by atoms with van der Waals surface area (Å²) < 4.78 is 14.0. The molecule has 1 aromatic rings. The molecule has 1 saturated carbocycles. The summed E-state index contributed by atoms with van der Waals surface area (Å²) in [4.78, 5) is 2.19. The molecule has 0 heterocycles. The van der Waals surface area contributed by atoms with Crippen molar-refractivity contribution in [3.05, 3.63) is 35.6 Å². The van der Waals surface area contributed by atoms with E-state index in [9.17, 15) is 4.39 Å². The van der Waals surface area contributed by atoms with Crippen molar-refractivity contribution in [2.24, 2.45) is 5.84 Å². The maximum atomic E-state index is 14.0. The Bertz CT molecular complexity index is 400. The topological polar surface area (TPSA) is 41.3 Å². The molecule has 100 valence electrons. The molecule has 1 aliphatic rings. The van der Waals surface area contributed by atoms with Crippen LogP contribution in [0, 0.1) is 5.82 Å². The smallest absolute Gasteiger partial charge is 0.128 e. The fourth-order valence-corrected chi connectivity index (χ4v) is 3.22. The highest BCUT2D eigenvalue weighted by Crippen LogP contribution is 2.43. The normalized spacial score (nSPS) is 20.3. The van der Waals surface area contributed by atoms with Crippen LogP contribution in [-0.2, 0) is 0 Å². The van der Waals surface area contributed by atoms with Crippen molar-refractivity contribution in [3.8, 4) is 0 Å². The monoisotopic (exact) mass is 251 g/mol. The van der Waals surface area contributed by atoms with Crippen molar-refractivity contribution >= 4 is 0 Å². The molecule has 18 heavy (non-hydrogen) atoms. The highest BCUT2D eigenvalue weighted by Gasteiger charge is 2.44. The van der Waals surface area contributed by atoms with Gasteiger partial charge in [0.25, 0.3) is 0 Å². The highest BCUT2D eigenvalue weighted by atomic mass is 19.1. The van der Waals surface area contributed by atoms with E-state index >= 15 is 0 Å². The average molecular weight is 251 g/mol. The Morgan fingerprint density at radius 1 is 1.28 bits per heavy atom. The molecular formula is C14H22FN3. The SMILES string of the molecule is CN(C)C1(C(NN)c2ccccc2F)CCCC1. The zero-order valence-corrected chi connectivity index (χ0v) is 11.1. The van der Waals surface area contributed by atoms with Crippen molar-refractivity contribution in [1.82, 2.24) is 10.3 Å². The largest absolute Gasteiger partial charge is 0.302 e. The van der Waals surface area contributed by atoms with Crippen molar-refractivity contribution in [3.63, 3.8) is 0 Å². The lowest BCUT2D eigenvalue weighted by molar-refractivity contribution is 0.103. The Hall–Kier alpha value is -0.970. The predicted molar refractivity (Wildman–Crippen MR) is 71.4 cm³/mol. The zero-order valence-electron chi connectivity index (χ0n) is 11.1. The lowest BCUT2D eigenvalue weighted by Gasteiger charge is -2.43. The van der Waals surface area contributed by atoms with E-state index in [2.05, 4.69) is 24.4 Å². The third-order valence-electron chi connectivity index (χ3n) is 4.28. The fraction of sp³-hybridized carbons (Fsp3) is 0.571. The van der Waals surface area contributed by atoms with E-state index < -0.39 is 0 Å². The van der Waals surface area contributed by atoms with Gasteiger partial charge < -0.3 is 4.90 Å². The van der Waals surface area contributed by atoms with Crippen LogP contribution in [0.2, 0.25) is 0 Å². The number of hydrazine groups is 1. The van der Waals surface area contributed by atoms with Crippen molar-refractivity contribution in [2.75, 3.05) is 14.1 Å². The van der Waals surface area contributed by atoms with E-state index in [1.54, 1.807) is 6.07 Å². The number of hydrogen-bond acceptors (Lipinski definition) is 3. The number of rotatable bonds is 4. The van der Waals surface area contributed by atoms with Gasteiger partial charge in [0.1, 0.15) is 5.82 Å². The van der Waals surface area contributed by atoms with E-state index in [0.29, 0.717) is 5.56 Å². The van der Waals surface area contributed by atoms with E-state index in [4.69, 9.17) is 5.84 Å². The average Bonchev–Trinajstić information content (AvgIpc) is 2.83. The Morgan fingerprint density at radius 2 is 1.89 bits per heavy atom. The molecule has 0 radical (unpaired) electrons. The minimum Gasteiger partial charge on any atom is -0.302 e. The summed E-state index contributed by atoms with van der Waals surface area (Å²) in [7, 11) is 4.10. The number of hydrogen-bond donors (Lipinski definition) is 2. The molecule has 0 aromatic heterocycles. The van der Waals surface area contributed by atoms with Crippen molar-refractivity contribution < 1.29 is 4.39 Å². The zero-order chi connectivity index (χ0) is 13.2. The van der Waals surface area contributed by atoms with Gasteiger partial charge in [-0.2, -0.15) is 0 Å². The van der Waals surface area contributed by atoms with Crippen molar-refractivity contribution in [1.29, 1.82) is 0 Å². The first-order valence-corrected chi connectivity index (χ1v) is 6.50. The number of nitrogens with two attached hydrogens (primary N) is 1. The van der Waals surface area contributed by atoms with Gasteiger partial charge in [-0.25, -0.2) is 4.39 Å². The van der Waals surface area contributed by atoms with Crippen LogP contribution in [0.5, 0.6) is 0 Å². The molecule has 1 atom stereocenters. The van der Waals surface area contributed by atoms with E-state index in [0.717, 1.165) is 12.8 Å². The second-order valence-corrected chi connectivity index (χ2v) is 5.33. The van der Waals surface area contributed by atoms with Crippen LogP contribution in [0.15, 0.2) is 24.3 Å². The molecule has 2 rings (SSSR count). The second-order valence-electron chi connectivity index (χ2n) is 5.33. The van der Waals surface area contributed by atoms with E-state index in [1.807, 2.05) is 12.1 Å². The van der Waals surface area contributed by atoms with Gasteiger partial charge in [0.05, 0.1) is 6.04 Å². The van der Waals surface area contributed by atoms with E-state index in [-0.39, 0.29) is 17.4 Å². The Kier molecular flexibility index (Phi) is 4.00. The standard InChI is InChI=1S/C14H22FN3/c1-18(2)14(9-5-6-10-14)13(17-16)11-7-3-4-8-12(11)15/h3-4,7-8,13,17H,5-6,9-10,16H2,1-2H3. The molecule has 0 amide bonds. The molecule has 1 aromatic carbocycles. The van der Waals surface area contributed by atoms with Crippen LogP contribution >= 0.6 is 0 Å². The maximum Gasteiger partial charge on any atom is 0.128 e. The van der Waals surface area contributed by atoms with Crippen LogP contribution in [-0.4, -0.2) is 24.5 Å². The highest BCUT2D eigenvalue weighted by molar-refractivity contribution is 5.26. The van der Waals surface area contributed by atoms with Crippen LogP contribution in [0.3, 0.4) is 0 Å². The maximum absolute atomic E-state index is 14.0. The van der Waals surface area contributed by atoms with Gasteiger partial charge in [-0.3, -0.25) is 11.3 Å². The fourth-order valence-electron chi connectivity index (χ4n) is 3.22. The van der Waals surface area contributed by atoms with E-state index in [1.165, 1.54) is 18.9 Å². The minimum atomic E-state index is -0.187. The molecule has 4 heteroatoms. The van der Waals surface area contributed by atoms with Gasteiger partial charge in [-0.15, -0.1) is 0 Å². The summed E-state index contributed by atoms with van der Waals surface area (Å²) in [5, 5.41) is 0. The van der Waals surface area contributed by atoms with Crippen LogP contribution in [0.4, 0.5) is 4.39 Å². The first kappa shape index (κ1) is 13.5. The second kappa shape index (κ2) is 5.34. The minimum absolute atomic E-state index is 0.0864. The molecule has 0 aliphatic heterocycles. The van der Waals surface area contributed by atoms with Crippen LogP contribution in [0.1, 0.15) is 37.3 Å².